The van der Waals surface area contributed by atoms with Gasteiger partial charge in [0.15, 0.2) is 0 Å². The Morgan fingerprint density at radius 3 is 2.56 bits per heavy atom. The lowest BCUT2D eigenvalue weighted by Crippen LogP contribution is -2.23. The van der Waals surface area contributed by atoms with Crippen LogP contribution in [-0.4, -0.2) is 16.7 Å². The fraction of sp³-hybridized carbons (Fsp3) is 0.429. The van der Waals surface area contributed by atoms with Crippen molar-refractivity contribution in [2.75, 3.05) is 6.54 Å². The van der Waals surface area contributed by atoms with E-state index in [9.17, 15) is 0 Å². The van der Waals surface area contributed by atoms with Gasteiger partial charge in [-0.05, 0) is 24.9 Å². The number of nitrogens with one attached hydrogen (secondary N) is 1. The molecule has 1 aromatic heterocycles. The summed E-state index contributed by atoms with van der Waals surface area (Å²) in [6.45, 7) is 5.27. The van der Waals surface area contributed by atoms with E-state index in [1.807, 2.05) is 6.07 Å². The summed E-state index contributed by atoms with van der Waals surface area (Å²) in [4.78, 5) is 0. The smallest absolute Gasteiger partial charge is 0.139 e. The van der Waals surface area contributed by atoms with Gasteiger partial charge in [0.25, 0.3) is 0 Å². The van der Waals surface area contributed by atoms with E-state index in [1.54, 1.807) is 11.3 Å². The minimum atomic E-state index is 0.170. The molecule has 0 aliphatic carbocycles. The molecule has 0 aliphatic heterocycles. The lowest BCUT2D eigenvalue weighted by atomic mass is 10.1. The minimum Gasteiger partial charge on any atom is -0.304 e. The lowest BCUT2D eigenvalue weighted by molar-refractivity contribution is 0.591. The standard InChI is InChI=1S/C14H19N3S/c1-3-10-15-13(11-8-6-5-7-9-11)14-17-16-12(4-2)18-14/h5-9,13,15H,3-4,10H2,1-2H3. The molecule has 0 saturated carbocycles. The summed E-state index contributed by atoms with van der Waals surface area (Å²) >= 11 is 1.70. The largest absolute Gasteiger partial charge is 0.304 e. The van der Waals surface area contributed by atoms with Gasteiger partial charge in [0, 0.05) is 0 Å². The Bertz CT molecular complexity index is 467. The summed E-state index contributed by atoms with van der Waals surface area (Å²) in [5.41, 5.74) is 1.25. The minimum absolute atomic E-state index is 0.170. The molecule has 0 fully saturated rings. The second-order valence-corrected chi connectivity index (χ2v) is 5.28. The van der Waals surface area contributed by atoms with Gasteiger partial charge in [-0.15, -0.1) is 10.2 Å². The highest BCUT2D eigenvalue weighted by Gasteiger charge is 2.17. The molecule has 0 saturated heterocycles. The van der Waals surface area contributed by atoms with Gasteiger partial charge in [-0.25, -0.2) is 0 Å². The Kier molecular flexibility index (Phi) is 4.84. The molecular weight excluding hydrogens is 242 g/mol. The van der Waals surface area contributed by atoms with Crippen molar-refractivity contribution in [3.63, 3.8) is 0 Å². The van der Waals surface area contributed by atoms with Gasteiger partial charge >= 0.3 is 0 Å². The predicted octanol–water partition coefficient (Wildman–Crippen LogP) is 3.19. The number of aromatic nitrogens is 2. The highest BCUT2D eigenvalue weighted by atomic mass is 32.1. The topological polar surface area (TPSA) is 37.8 Å². The Hall–Kier alpha value is -1.26. The maximum Gasteiger partial charge on any atom is 0.139 e. The molecule has 96 valence electrons. The van der Waals surface area contributed by atoms with E-state index < -0.39 is 0 Å². The molecule has 0 bridgehead atoms. The summed E-state index contributed by atoms with van der Waals surface area (Å²) in [6, 6.07) is 10.6. The highest BCUT2D eigenvalue weighted by molar-refractivity contribution is 7.11. The van der Waals surface area contributed by atoms with Gasteiger partial charge in [0.05, 0.1) is 6.04 Å². The van der Waals surface area contributed by atoms with E-state index in [2.05, 4.69) is 53.6 Å². The van der Waals surface area contributed by atoms with E-state index in [1.165, 1.54) is 5.56 Å². The van der Waals surface area contributed by atoms with Gasteiger partial charge in [-0.2, -0.15) is 0 Å². The molecule has 4 heteroatoms. The van der Waals surface area contributed by atoms with Crippen LogP contribution in [0, 0.1) is 0 Å². The summed E-state index contributed by atoms with van der Waals surface area (Å²) in [6.07, 6.45) is 2.07. The molecule has 2 rings (SSSR count). The van der Waals surface area contributed by atoms with Gasteiger partial charge in [0.2, 0.25) is 0 Å². The first-order valence-electron chi connectivity index (χ1n) is 6.45. The number of nitrogens with zero attached hydrogens (tertiary/aromatic N) is 2. The number of hydrogen-bond donors (Lipinski definition) is 1. The highest BCUT2D eigenvalue weighted by Crippen LogP contribution is 2.25. The number of benzene rings is 1. The zero-order chi connectivity index (χ0) is 12.8. The van der Waals surface area contributed by atoms with E-state index in [-0.39, 0.29) is 6.04 Å². The van der Waals surface area contributed by atoms with Gasteiger partial charge < -0.3 is 5.32 Å². The molecule has 2 aromatic rings. The van der Waals surface area contributed by atoms with Crippen LogP contribution in [0.2, 0.25) is 0 Å². The van der Waals surface area contributed by atoms with Crippen LogP contribution >= 0.6 is 11.3 Å². The normalized spacial score (nSPS) is 12.6. The summed E-state index contributed by atoms with van der Waals surface area (Å²) in [5, 5.41) is 14.3. The first kappa shape index (κ1) is 13.2. The number of hydrogen-bond acceptors (Lipinski definition) is 4. The molecule has 0 spiro atoms. The molecule has 1 atom stereocenters. The number of rotatable bonds is 6. The van der Waals surface area contributed by atoms with Crippen molar-refractivity contribution in [1.29, 1.82) is 0 Å². The van der Waals surface area contributed by atoms with Crippen molar-refractivity contribution in [1.82, 2.24) is 15.5 Å². The summed E-state index contributed by atoms with van der Waals surface area (Å²) in [7, 11) is 0. The van der Waals surface area contributed by atoms with Crippen molar-refractivity contribution in [2.24, 2.45) is 0 Å². The predicted molar refractivity (Wildman–Crippen MR) is 75.9 cm³/mol. The third-order valence-electron chi connectivity index (χ3n) is 2.76. The van der Waals surface area contributed by atoms with Crippen molar-refractivity contribution >= 4 is 11.3 Å². The zero-order valence-electron chi connectivity index (χ0n) is 10.9. The quantitative estimate of drug-likeness (QED) is 0.868. The Labute approximate surface area is 112 Å². The van der Waals surface area contributed by atoms with Crippen LogP contribution in [0.5, 0.6) is 0 Å². The van der Waals surface area contributed by atoms with Crippen LogP contribution in [0.4, 0.5) is 0 Å². The maximum atomic E-state index is 4.32. The average Bonchev–Trinajstić information content (AvgIpc) is 2.89. The molecule has 0 aliphatic rings. The Morgan fingerprint density at radius 1 is 1.17 bits per heavy atom. The monoisotopic (exact) mass is 261 g/mol. The molecule has 1 heterocycles. The van der Waals surface area contributed by atoms with Gasteiger partial charge in [0.1, 0.15) is 10.0 Å². The average molecular weight is 261 g/mol. The molecular formula is C14H19N3S. The second-order valence-electron chi connectivity index (χ2n) is 4.19. The molecule has 1 unspecified atom stereocenters. The van der Waals surface area contributed by atoms with Crippen LogP contribution in [-0.2, 0) is 6.42 Å². The molecule has 1 aromatic carbocycles. The summed E-state index contributed by atoms with van der Waals surface area (Å²) in [5.74, 6) is 0. The van der Waals surface area contributed by atoms with Crippen LogP contribution in [0.1, 0.15) is 41.9 Å². The van der Waals surface area contributed by atoms with Crippen molar-refractivity contribution in [2.45, 2.75) is 32.7 Å². The first-order valence-corrected chi connectivity index (χ1v) is 7.27. The van der Waals surface area contributed by atoms with E-state index in [0.29, 0.717) is 0 Å². The Balaban J connectivity index is 2.24. The molecule has 0 amide bonds. The third kappa shape index (κ3) is 3.15. The fourth-order valence-corrected chi connectivity index (χ4v) is 2.69. The molecule has 1 N–H and O–H groups in total. The third-order valence-corrected chi connectivity index (χ3v) is 3.90. The van der Waals surface area contributed by atoms with Gasteiger partial charge in [-0.3, -0.25) is 0 Å². The maximum absolute atomic E-state index is 4.32. The van der Waals surface area contributed by atoms with Crippen LogP contribution in [0.3, 0.4) is 0 Å². The van der Waals surface area contributed by atoms with Gasteiger partial charge in [-0.1, -0.05) is 55.5 Å². The van der Waals surface area contributed by atoms with Crippen LogP contribution in [0.15, 0.2) is 30.3 Å². The van der Waals surface area contributed by atoms with Crippen molar-refractivity contribution < 1.29 is 0 Å². The van der Waals surface area contributed by atoms with E-state index >= 15 is 0 Å². The molecule has 3 nitrogen and oxygen atoms in total. The molecule has 18 heavy (non-hydrogen) atoms. The number of aryl methyl sites for hydroxylation is 1. The fourth-order valence-electron chi connectivity index (χ4n) is 1.81. The van der Waals surface area contributed by atoms with E-state index in [4.69, 9.17) is 0 Å². The lowest BCUT2D eigenvalue weighted by Gasteiger charge is -2.15. The van der Waals surface area contributed by atoms with Crippen molar-refractivity contribution in [3.8, 4) is 0 Å². The second kappa shape index (κ2) is 6.61. The van der Waals surface area contributed by atoms with Crippen molar-refractivity contribution in [3.05, 3.63) is 45.9 Å². The van der Waals surface area contributed by atoms with E-state index in [0.717, 1.165) is 29.4 Å². The van der Waals surface area contributed by atoms with Crippen LogP contribution < -0.4 is 5.32 Å². The zero-order valence-corrected chi connectivity index (χ0v) is 11.7. The molecule has 0 radical (unpaired) electrons. The van der Waals surface area contributed by atoms with Crippen LogP contribution in [0.25, 0.3) is 0 Å². The Morgan fingerprint density at radius 2 is 1.94 bits per heavy atom. The SMILES string of the molecule is CCCNC(c1ccccc1)c1nnc(CC)s1. The summed E-state index contributed by atoms with van der Waals surface area (Å²) < 4.78 is 0. The first-order chi connectivity index (χ1) is 8.85.